The van der Waals surface area contributed by atoms with E-state index in [0.29, 0.717) is 23.9 Å². The van der Waals surface area contributed by atoms with Crippen molar-refractivity contribution in [2.75, 3.05) is 10.6 Å². The molecule has 0 aliphatic carbocycles. The van der Waals surface area contributed by atoms with E-state index >= 15 is 0 Å². The van der Waals surface area contributed by atoms with Crippen molar-refractivity contribution in [3.8, 4) is 0 Å². The zero-order valence-corrected chi connectivity index (χ0v) is 21.4. The highest BCUT2D eigenvalue weighted by molar-refractivity contribution is 6.63. The summed E-state index contributed by atoms with van der Waals surface area (Å²) in [7, 11) is -0.796. The van der Waals surface area contributed by atoms with Crippen LogP contribution >= 0.6 is 0 Å². The summed E-state index contributed by atoms with van der Waals surface area (Å²) in [6, 6.07) is 21.0. The Hall–Kier alpha value is -3.82. The molecule has 0 radical (unpaired) electrons. The lowest BCUT2D eigenvalue weighted by molar-refractivity contribution is 0.00578. The summed E-state index contributed by atoms with van der Waals surface area (Å²) in [4.78, 5) is 23.6. The van der Waals surface area contributed by atoms with Gasteiger partial charge < -0.3 is 19.5 Å². The number of carboxylic acid groups (broad SMARTS) is 2. The average Bonchev–Trinajstić information content (AvgIpc) is 3.03. The van der Waals surface area contributed by atoms with Gasteiger partial charge in [-0.05, 0) is 74.3 Å². The summed E-state index contributed by atoms with van der Waals surface area (Å²) in [5, 5.41) is 24.1. The molecule has 192 valence electrons. The number of amides is 2. The molecule has 0 unspecified atom stereocenters. The quantitative estimate of drug-likeness (QED) is 0.324. The molecule has 2 amide bonds. The summed E-state index contributed by atoms with van der Waals surface area (Å²) in [5.41, 5.74) is 3.00. The van der Waals surface area contributed by atoms with Crippen LogP contribution in [0.3, 0.4) is 0 Å². The van der Waals surface area contributed by atoms with E-state index in [1.165, 1.54) is 0 Å². The average molecular weight is 502 g/mol. The standard InChI is InChI=1S/C28H31BN2O6/c1-27(2)28(3,4)37-29(36-27)23-20(15-18-11-7-5-8-12-18)17-22(30-25(32)33)24(31-26(34)35)21(23)16-19-13-9-6-10-14-19/h5-14,17,30-31H,15-16H2,1-4H3,(H,32,33)(H,34,35). The van der Waals surface area contributed by atoms with Crippen LogP contribution in [0.4, 0.5) is 21.0 Å². The Morgan fingerprint density at radius 2 is 1.27 bits per heavy atom. The van der Waals surface area contributed by atoms with E-state index in [9.17, 15) is 19.8 Å². The maximum Gasteiger partial charge on any atom is 0.495 e. The van der Waals surface area contributed by atoms with E-state index in [-0.39, 0.29) is 11.4 Å². The largest absolute Gasteiger partial charge is 0.495 e. The Bertz CT molecular complexity index is 1280. The third kappa shape index (κ3) is 5.79. The van der Waals surface area contributed by atoms with Crippen molar-refractivity contribution in [2.45, 2.75) is 51.7 Å². The van der Waals surface area contributed by atoms with E-state index in [4.69, 9.17) is 9.31 Å². The van der Waals surface area contributed by atoms with Crippen LogP contribution in [0, 0.1) is 0 Å². The zero-order valence-electron chi connectivity index (χ0n) is 21.4. The fourth-order valence-corrected chi connectivity index (χ4v) is 4.48. The highest BCUT2D eigenvalue weighted by Gasteiger charge is 2.53. The molecule has 3 aromatic rings. The Morgan fingerprint density at radius 1 is 0.784 bits per heavy atom. The van der Waals surface area contributed by atoms with Crippen LogP contribution < -0.4 is 16.1 Å². The predicted octanol–water partition coefficient (Wildman–Crippen LogP) is 5.35. The van der Waals surface area contributed by atoms with E-state index in [1.54, 1.807) is 6.07 Å². The monoisotopic (exact) mass is 502 g/mol. The Morgan fingerprint density at radius 3 is 1.76 bits per heavy atom. The van der Waals surface area contributed by atoms with Crippen molar-refractivity contribution in [2.24, 2.45) is 0 Å². The number of benzene rings is 3. The van der Waals surface area contributed by atoms with Gasteiger partial charge in [0.2, 0.25) is 0 Å². The molecule has 9 heteroatoms. The van der Waals surface area contributed by atoms with Gasteiger partial charge in [-0.25, -0.2) is 9.59 Å². The summed E-state index contributed by atoms with van der Waals surface area (Å²) >= 11 is 0. The smallest absolute Gasteiger partial charge is 0.465 e. The number of hydrogen-bond donors (Lipinski definition) is 4. The minimum atomic E-state index is -1.31. The van der Waals surface area contributed by atoms with E-state index in [1.807, 2.05) is 88.4 Å². The lowest BCUT2D eigenvalue weighted by atomic mass is 9.70. The molecule has 1 heterocycles. The normalized spacial score (nSPS) is 15.8. The molecular formula is C28H31BN2O6. The molecule has 1 saturated heterocycles. The molecule has 37 heavy (non-hydrogen) atoms. The first kappa shape index (κ1) is 26.3. The van der Waals surface area contributed by atoms with Gasteiger partial charge in [0.05, 0.1) is 22.6 Å². The third-order valence-corrected chi connectivity index (χ3v) is 6.98. The molecule has 4 N–H and O–H groups in total. The van der Waals surface area contributed by atoms with Crippen LogP contribution in [0.1, 0.15) is 49.9 Å². The number of anilines is 2. The van der Waals surface area contributed by atoms with E-state index < -0.39 is 30.5 Å². The summed E-state index contributed by atoms with van der Waals surface area (Å²) in [6.45, 7) is 7.82. The van der Waals surface area contributed by atoms with Gasteiger partial charge in [0.1, 0.15) is 0 Å². The van der Waals surface area contributed by atoms with Gasteiger partial charge in [-0.2, -0.15) is 0 Å². The number of rotatable bonds is 7. The van der Waals surface area contributed by atoms with Crippen LogP contribution in [-0.4, -0.2) is 40.7 Å². The first-order chi connectivity index (χ1) is 17.5. The summed E-state index contributed by atoms with van der Waals surface area (Å²) < 4.78 is 12.9. The van der Waals surface area contributed by atoms with Crippen LogP contribution in [0.15, 0.2) is 66.7 Å². The van der Waals surface area contributed by atoms with Gasteiger partial charge in [0.15, 0.2) is 0 Å². The number of nitrogens with one attached hydrogen (secondary N) is 2. The van der Waals surface area contributed by atoms with E-state index in [0.717, 1.165) is 16.7 Å². The lowest BCUT2D eigenvalue weighted by Gasteiger charge is -2.32. The second-order valence-corrected chi connectivity index (χ2v) is 10.1. The molecule has 8 nitrogen and oxygen atoms in total. The second kappa shape index (κ2) is 10.3. The molecule has 1 aliphatic rings. The minimum absolute atomic E-state index is 0.145. The maximum absolute atomic E-state index is 11.9. The van der Waals surface area contributed by atoms with Gasteiger partial charge >= 0.3 is 19.3 Å². The molecule has 1 fully saturated rings. The first-order valence-corrected chi connectivity index (χ1v) is 12.1. The second-order valence-electron chi connectivity index (χ2n) is 10.1. The fraction of sp³-hybridized carbons (Fsp3) is 0.286. The van der Waals surface area contributed by atoms with Crippen LogP contribution in [0.25, 0.3) is 0 Å². The number of carbonyl (C=O) groups is 2. The summed E-state index contributed by atoms with van der Waals surface area (Å²) in [5.74, 6) is 0. The van der Waals surface area contributed by atoms with E-state index in [2.05, 4.69) is 10.6 Å². The Labute approximate surface area is 216 Å². The van der Waals surface area contributed by atoms with Crippen LogP contribution in [0.5, 0.6) is 0 Å². The zero-order chi connectivity index (χ0) is 26.8. The van der Waals surface area contributed by atoms with Crippen LogP contribution in [-0.2, 0) is 22.2 Å². The molecule has 0 spiro atoms. The van der Waals surface area contributed by atoms with Crippen molar-refractivity contribution in [1.29, 1.82) is 0 Å². The molecule has 0 saturated carbocycles. The fourth-order valence-electron chi connectivity index (χ4n) is 4.48. The van der Waals surface area contributed by atoms with Crippen molar-refractivity contribution < 1.29 is 29.1 Å². The van der Waals surface area contributed by atoms with Gasteiger partial charge in [0, 0.05) is 0 Å². The number of hydrogen-bond acceptors (Lipinski definition) is 4. The Balaban J connectivity index is 2.00. The van der Waals surface area contributed by atoms with Crippen molar-refractivity contribution in [3.63, 3.8) is 0 Å². The predicted molar refractivity (Wildman–Crippen MR) is 144 cm³/mol. The van der Waals surface area contributed by atoms with Crippen molar-refractivity contribution in [3.05, 3.63) is 89.0 Å². The van der Waals surface area contributed by atoms with Gasteiger partial charge in [0.25, 0.3) is 0 Å². The maximum atomic E-state index is 11.9. The Kier molecular flexibility index (Phi) is 7.29. The molecule has 0 bridgehead atoms. The topological polar surface area (TPSA) is 117 Å². The SMILES string of the molecule is CC1(C)OB(c2c(Cc3ccccc3)cc(NC(=O)O)c(NC(=O)O)c2Cc2ccccc2)OC1(C)C. The third-order valence-electron chi connectivity index (χ3n) is 6.98. The van der Waals surface area contributed by atoms with Crippen LogP contribution in [0.2, 0.25) is 0 Å². The van der Waals surface area contributed by atoms with Crippen molar-refractivity contribution >= 4 is 36.1 Å². The van der Waals surface area contributed by atoms with Gasteiger partial charge in [-0.1, -0.05) is 60.7 Å². The summed E-state index contributed by atoms with van der Waals surface area (Å²) in [6.07, 6.45) is -1.82. The van der Waals surface area contributed by atoms with Gasteiger partial charge in [-0.15, -0.1) is 0 Å². The molecule has 1 aliphatic heterocycles. The molecule has 0 atom stereocenters. The molecule has 4 rings (SSSR count). The minimum Gasteiger partial charge on any atom is -0.465 e. The lowest BCUT2D eigenvalue weighted by Crippen LogP contribution is -2.41. The first-order valence-electron chi connectivity index (χ1n) is 12.1. The molecule has 3 aromatic carbocycles. The molecular weight excluding hydrogens is 471 g/mol. The highest BCUT2D eigenvalue weighted by atomic mass is 16.7. The molecule has 0 aromatic heterocycles. The highest BCUT2D eigenvalue weighted by Crippen LogP contribution is 2.39. The van der Waals surface area contributed by atoms with Gasteiger partial charge in [-0.3, -0.25) is 10.6 Å². The van der Waals surface area contributed by atoms with Crippen molar-refractivity contribution in [1.82, 2.24) is 0 Å².